The molecule has 14 heavy (non-hydrogen) atoms. The summed E-state index contributed by atoms with van der Waals surface area (Å²) >= 11 is 5.47. The highest BCUT2D eigenvalue weighted by Crippen LogP contribution is 2.08. The quantitative estimate of drug-likeness (QED) is 0.553. The van der Waals surface area contributed by atoms with E-state index in [0.717, 1.165) is 0 Å². The number of esters is 2. The van der Waals surface area contributed by atoms with Crippen molar-refractivity contribution in [1.82, 2.24) is 0 Å². The van der Waals surface area contributed by atoms with Crippen LogP contribution in [0.5, 0.6) is 0 Å². The fraction of sp³-hybridized carbons (Fsp3) is 0.500. The highest BCUT2D eigenvalue weighted by atomic mass is 35.5. The van der Waals surface area contributed by atoms with Crippen LogP contribution < -0.4 is 5.73 Å². The summed E-state index contributed by atoms with van der Waals surface area (Å²) in [5.41, 5.74) is 4.81. The molecular formula is C8H12ClNO4. The van der Waals surface area contributed by atoms with E-state index >= 15 is 0 Å². The van der Waals surface area contributed by atoms with E-state index in [1.165, 1.54) is 0 Å². The highest BCUT2D eigenvalue weighted by molar-refractivity contribution is 6.43. The molecule has 0 aromatic rings. The summed E-state index contributed by atoms with van der Waals surface area (Å²) in [5, 5.41) is -0.453. The Morgan fingerprint density at radius 3 is 2.00 bits per heavy atom. The SMILES string of the molecule is CCOC(=O)C(N)=C(Cl)C(=O)OCC. The molecule has 0 fully saturated rings. The minimum atomic E-state index is -0.834. The summed E-state index contributed by atoms with van der Waals surface area (Å²) in [7, 11) is 0. The Morgan fingerprint density at radius 2 is 1.57 bits per heavy atom. The molecule has 0 saturated carbocycles. The number of rotatable bonds is 4. The summed E-state index contributed by atoms with van der Waals surface area (Å²) in [5.74, 6) is -1.66. The summed E-state index contributed by atoms with van der Waals surface area (Å²) in [6, 6.07) is 0. The third-order valence-electron chi connectivity index (χ3n) is 1.19. The smallest absolute Gasteiger partial charge is 0.356 e. The Balaban J connectivity index is 4.57. The highest BCUT2D eigenvalue weighted by Gasteiger charge is 2.18. The molecule has 0 amide bonds. The van der Waals surface area contributed by atoms with Gasteiger partial charge in [0.1, 0.15) is 5.70 Å². The van der Waals surface area contributed by atoms with Gasteiger partial charge in [0.15, 0.2) is 5.03 Å². The number of carbonyl (C=O) groups excluding carboxylic acids is 2. The van der Waals surface area contributed by atoms with Gasteiger partial charge in [-0.05, 0) is 13.8 Å². The second-order valence-electron chi connectivity index (χ2n) is 2.17. The summed E-state index contributed by atoms with van der Waals surface area (Å²) < 4.78 is 9.08. The predicted molar refractivity (Wildman–Crippen MR) is 50.3 cm³/mol. The minimum absolute atomic E-state index is 0.158. The van der Waals surface area contributed by atoms with Gasteiger partial charge < -0.3 is 15.2 Å². The molecule has 2 N–H and O–H groups in total. The predicted octanol–water partition coefficient (Wildman–Crippen LogP) is 0.522. The Bertz CT molecular complexity index is 236. The second-order valence-corrected chi connectivity index (χ2v) is 2.55. The largest absolute Gasteiger partial charge is 0.462 e. The van der Waals surface area contributed by atoms with Crippen molar-refractivity contribution in [3.05, 3.63) is 10.7 Å². The lowest BCUT2D eigenvalue weighted by molar-refractivity contribution is -0.141. The van der Waals surface area contributed by atoms with Crippen molar-refractivity contribution >= 4 is 23.5 Å². The van der Waals surface area contributed by atoms with Crippen LogP contribution in [-0.2, 0) is 19.1 Å². The number of hydrogen-bond acceptors (Lipinski definition) is 5. The number of halogens is 1. The van der Waals surface area contributed by atoms with Gasteiger partial charge in [0.25, 0.3) is 0 Å². The fourth-order valence-electron chi connectivity index (χ4n) is 0.603. The van der Waals surface area contributed by atoms with Gasteiger partial charge in [-0.25, -0.2) is 9.59 Å². The first-order chi connectivity index (χ1) is 6.54. The normalized spacial score (nSPS) is 11.6. The summed E-state index contributed by atoms with van der Waals surface area (Å²) in [4.78, 5) is 22.0. The third kappa shape index (κ3) is 3.66. The molecule has 0 aliphatic heterocycles. The fourth-order valence-corrected chi connectivity index (χ4v) is 0.735. The van der Waals surface area contributed by atoms with Crippen LogP contribution >= 0.6 is 11.6 Å². The van der Waals surface area contributed by atoms with Gasteiger partial charge in [0.2, 0.25) is 0 Å². The standard InChI is InChI=1S/C8H12ClNO4/c1-3-13-7(11)5(9)6(10)8(12)14-4-2/h3-4,10H2,1-2H3. The first kappa shape index (κ1) is 12.8. The van der Waals surface area contributed by atoms with E-state index in [2.05, 4.69) is 9.47 Å². The minimum Gasteiger partial charge on any atom is -0.462 e. The molecule has 0 spiro atoms. The molecule has 0 atom stereocenters. The van der Waals surface area contributed by atoms with E-state index in [1.807, 2.05) is 0 Å². The van der Waals surface area contributed by atoms with E-state index in [-0.39, 0.29) is 13.2 Å². The van der Waals surface area contributed by atoms with E-state index in [4.69, 9.17) is 17.3 Å². The lowest BCUT2D eigenvalue weighted by atomic mass is 10.4. The summed E-state index contributed by atoms with van der Waals surface area (Å²) in [6.07, 6.45) is 0. The van der Waals surface area contributed by atoms with Crippen LogP contribution in [0, 0.1) is 0 Å². The van der Waals surface area contributed by atoms with Gasteiger partial charge in [-0.1, -0.05) is 11.6 Å². The monoisotopic (exact) mass is 221 g/mol. The van der Waals surface area contributed by atoms with Crippen LogP contribution in [0.1, 0.15) is 13.8 Å². The van der Waals surface area contributed by atoms with Crippen LogP contribution in [0.15, 0.2) is 10.7 Å². The number of ether oxygens (including phenoxy) is 2. The van der Waals surface area contributed by atoms with Crippen molar-refractivity contribution in [3.8, 4) is 0 Å². The molecule has 0 rings (SSSR count). The zero-order valence-electron chi connectivity index (χ0n) is 8.00. The molecule has 6 heteroatoms. The molecule has 5 nitrogen and oxygen atoms in total. The van der Waals surface area contributed by atoms with Gasteiger partial charge in [0.05, 0.1) is 13.2 Å². The zero-order valence-corrected chi connectivity index (χ0v) is 8.76. The Morgan fingerprint density at radius 1 is 1.14 bits per heavy atom. The molecule has 0 aromatic heterocycles. The molecule has 0 aliphatic rings. The van der Waals surface area contributed by atoms with Gasteiger partial charge in [0, 0.05) is 0 Å². The van der Waals surface area contributed by atoms with Crippen molar-refractivity contribution in [2.45, 2.75) is 13.8 Å². The van der Waals surface area contributed by atoms with E-state index in [0.29, 0.717) is 0 Å². The van der Waals surface area contributed by atoms with Gasteiger partial charge in [-0.3, -0.25) is 0 Å². The Kier molecular flexibility index (Phi) is 5.71. The second kappa shape index (κ2) is 6.26. The molecule has 0 aromatic carbocycles. The maximum atomic E-state index is 11.0. The van der Waals surface area contributed by atoms with Crippen molar-refractivity contribution in [2.24, 2.45) is 5.73 Å². The van der Waals surface area contributed by atoms with Crippen molar-refractivity contribution in [2.75, 3.05) is 13.2 Å². The third-order valence-corrected chi connectivity index (χ3v) is 1.54. The van der Waals surface area contributed by atoms with Crippen LogP contribution in [0.4, 0.5) is 0 Å². The lowest BCUT2D eigenvalue weighted by Crippen LogP contribution is -2.19. The first-order valence-electron chi connectivity index (χ1n) is 4.04. The van der Waals surface area contributed by atoms with E-state index < -0.39 is 22.7 Å². The average molecular weight is 222 g/mol. The molecule has 0 unspecified atom stereocenters. The molecular weight excluding hydrogens is 210 g/mol. The lowest BCUT2D eigenvalue weighted by Gasteiger charge is -2.04. The molecule has 0 aliphatic carbocycles. The number of nitrogens with two attached hydrogens (primary N) is 1. The Labute approximate surface area is 86.8 Å². The van der Waals surface area contributed by atoms with Crippen LogP contribution in [0.3, 0.4) is 0 Å². The van der Waals surface area contributed by atoms with Gasteiger partial charge >= 0.3 is 11.9 Å². The first-order valence-corrected chi connectivity index (χ1v) is 4.41. The van der Waals surface area contributed by atoms with Crippen LogP contribution in [-0.4, -0.2) is 25.2 Å². The van der Waals surface area contributed by atoms with E-state index in [9.17, 15) is 9.59 Å². The Hall–Kier alpha value is -1.23. The van der Waals surface area contributed by atoms with Crippen molar-refractivity contribution in [3.63, 3.8) is 0 Å². The molecule has 0 heterocycles. The van der Waals surface area contributed by atoms with Gasteiger partial charge in [-0.15, -0.1) is 0 Å². The summed E-state index contributed by atoms with van der Waals surface area (Å²) in [6.45, 7) is 3.55. The number of hydrogen-bond donors (Lipinski definition) is 1. The zero-order chi connectivity index (χ0) is 11.1. The maximum Gasteiger partial charge on any atom is 0.356 e. The van der Waals surface area contributed by atoms with E-state index in [1.54, 1.807) is 13.8 Å². The molecule has 0 saturated heterocycles. The van der Waals surface area contributed by atoms with Gasteiger partial charge in [-0.2, -0.15) is 0 Å². The molecule has 80 valence electrons. The van der Waals surface area contributed by atoms with Crippen molar-refractivity contribution < 1.29 is 19.1 Å². The van der Waals surface area contributed by atoms with Crippen LogP contribution in [0.25, 0.3) is 0 Å². The maximum absolute atomic E-state index is 11.0. The molecule has 0 bridgehead atoms. The van der Waals surface area contributed by atoms with Crippen molar-refractivity contribution in [1.29, 1.82) is 0 Å². The average Bonchev–Trinajstić information content (AvgIpc) is 2.16. The molecule has 0 radical (unpaired) electrons. The topological polar surface area (TPSA) is 78.6 Å². The number of carbonyl (C=O) groups is 2. The van der Waals surface area contributed by atoms with Crippen LogP contribution in [0.2, 0.25) is 0 Å².